The number of aryl methyl sites for hydroxylation is 1. The van der Waals surface area contributed by atoms with Crippen LogP contribution in [0.15, 0.2) is 12.4 Å². The zero-order valence-corrected chi connectivity index (χ0v) is 8.11. The first-order chi connectivity index (χ1) is 6.15. The van der Waals surface area contributed by atoms with Crippen LogP contribution in [0, 0.1) is 0 Å². The van der Waals surface area contributed by atoms with Crippen molar-refractivity contribution in [1.29, 1.82) is 0 Å². The van der Waals surface area contributed by atoms with E-state index in [2.05, 4.69) is 9.97 Å². The molecule has 1 aromatic heterocycles. The third-order valence-electron chi connectivity index (χ3n) is 1.87. The van der Waals surface area contributed by atoms with Crippen LogP contribution in [-0.4, -0.2) is 22.9 Å². The second kappa shape index (κ2) is 3.98. The van der Waals surface area contributed by atoms with Gasteiger partial charge in [0.25, 0.3) is 0 Å². The quantitative estimate of drug-likeness (QED) is 0.681. The van der Waals surface area contributed by atoms with Crippen molar-refractivity contribution in [1.82, 2.24) is 9.97 Å². The first kappa shape index (κ1) is 9.64. The van der Waals surface area contributed by atoms with Gasteiger partial charge in [-0.2, -0.15) is 0 Å². The van der Waals surface area contributed by atoms with E-state index in [0.29, 0.717) is 5.95 Å². The minimum absolute atomic E-state index is 0.0655. The highest BCUT2D eigenvalue weighted by atomic mass is 16.2. The van der Waals surface area contributed by atoms with E-state index in [9.17, 15) is 4.79 Å². The van der Waals surface area contributed by atoms with Gasteiger partial charge in [0.2, 0.25) is 11.9 Å². The summed E-state index contributed by atoms with van der Waals surface area (Å²) in [7, 11) is 1.66. The molecule has 13 heavy (non-hydrogen) atoms. The fourth-order valence-electron chi connectivity index (χ4n) is 0.845. The molecule has 0 N–H and O–H groups in total. The van der Waals surface area contributed by atoms with E-state index in [4.69, 9.17) is 0 Å². The number of anilines is 1. The normalized spacial score (nSPS) is 9.77. The molecule has 0 atom stereocenters. The Morgan fingerprint density at radius 2 is 2.00 bits per heavy atom. The number of amides is 1. The topological polar surface area (TPSA) is 46.1 Å². The average Bonchev–Trinajstić information content (AvgIpc) is 2.17. The van der Waals surface area contributed by atoms with Crippen LogP contribution < -0.4 is 4.90 Å². The van der Waals surface area contributed by atoms with Crippen molar-refractivity contribution >= 4 is 11.9 Å². The van der Waals surface area contributed by atoms with Crippen molar-refractivity contribution in [2.45, 2.75) is 20.3 Å². The van der Waals surface area contributed by atoms with E-state index in [-0.39, 0.29) is 5.91 Å². The van der Waals surface area contributed by atoms with Gasteiger partial charge in [-0.25, -0.2) is 9.97 Å². The van der Waals surface area contributed by atoms with Crippen molar-refractivity contribution < 1.29 is 4.79 Å². The Balaban J connectivity index is 2.85. The van der Waals surface area contributed by atoms with Crippen LogP contribution in [0.2, 0.25) is 0 Å². The van der Waals surface area contributed by atoms with Gasteiger partial charge >= 0.3 is 0 Å². The lowest BCUT2D eigenvalue weighted by Gasteiger charge is -2.11. The lowest BCUT2D eigenvalue weighted by Crippen LogP contribution is -2.24. The van der Waals surface area contributed by atoms with Gasteiger partial charge in [-0.15, -0.1) is 0 Å². The number of rotatable bonds is 2. The van der Waals surface area contributed by atoms with Crippen LogP contribution in [0.4, 0.5) is 5.95 Å². The fourth-order valence-corrected chi connectivity index (χ4v) is 0.845. The van der Waals surface area contributed by atoms with Crippen molar-refractivity contribution in [2.75, 3.05) is 11.9 Å². The molecular formula is C9H13N3O. The largest absolute Gasteiger partial charge is 0.284 e. The molecule has 0 aliphatic rings. The number of aromatic nitrogens is 2. The van der Waals surface area contributed by atoms with E-state index >= 15 is 0 Å². The highest BCUT2D eigenvalue weighted by Gasteiger charge is 2.07. The number of carbonyl (C=O) groups is 1. The number of hydrogen-bond acceptors (Lipinski definition) is 3. The maximum Gasteiger partial charge on any atom is 0.231 e. The van der Waals surface area contributed by atoms with Crippen LogP contribution in [0.1, 0.15) is 19.4 Å². The van der Waals surface area contributed by atoms with Gasteiger partial charge in [-0.1, -0.05) is 6.92 Å². The lowest BCUT2D eigenvalue weighted by atomic mass is 10.3. The Morgan fingerprint density at radius 1 is 1.46 bits per heavy atom. The molecule has 0 saturated heterocycles. The smallest absolute Gasteiger partial charge is 0.231 e. The Hall–Kier alpha value is -1.45. The predicted molar refractivity (Wildman–Crippen MR) is 50.5 cm³/mol. The van der Waals surface area contributed by atoms with Crippen LogP contribution in [0.5, 0.6) is 0 Å². The summed E-state index contributed by atoms with van der Waals surface area (Å²) >= 11 is 0. The SMILES string of the molecule is CCc1cnc(N(C)C(C)=O)nc1. The molecular weight excluding hydrogens is 166 g/mol. The Bertz CT molecular complexity index is 294. The summed E-state index contributed by atoms with van der Waals surface area (Å²) in [6.45, 7) is 3.52. The minimum Gasteiger partial charge on any atom is -0.284 e. The monoisotopic (exact) mass is 179 g/mol. The summed E-state index contributed by atoms with van der Waals surface area (Å²) in [5, 5.41) is 0. The van der Waals surface area contributed by atoms with Crippen LogP contribution >= 0.6 is 0 Å². The molecule has 0 aliphatic carbocycles. The van der Waals surface area contributed by atoms with Gasteiger partial charge in [0.1, 0.15) is 0 Å². The van der Waals surface area contributed by atoms with Crippen LogP contribution in [0.3, 0.4) is 0 Å². The van der Waals surface area contributed by atoms with Gasteiger partial charge in [0.15, 0.2) is 0 Å². The minimum atomic E-state index is -0.0655. The molecule has 0 fully saturated rings. The fraction of sp³-hybridized carbons (Fsp3) is 0.444. The van der Waals surface area contributed by atoms with Gasteiger partial charge in [0.05, 0.1) is 0 Å². The van der Waals surface area contributed by atoms with E-state index in [0.717, 1.165) is 12.0 Å². The molecule has 0 spiro atoms. The number of hydrogen-bond donors (Lipinski definition) is 0. The molecule has 0 unspecified atom stereocenters. The Morgan fingerprint density at radius 3 is 2.38 bits per heavy atom. The molecule has 70 valence electrons. The predicted octanol–water partition coefficient (Wildman–Crippen LogP) is 1.02. The summed E-state index contributed by atoms with van der Waals surface area (Å²) in [5.74, 6) is 0.383. The van der Waals surface area contributed by atoms with Crippen molar-refractivity contribution in [2.24, 2.45) is 0 Å². The maximum absolute atomic E-state index is 10.9. The summed E-state index contributed by atoms with van der Waals surface area (Å²) in [4.78, 5) is 20.5. The summed E-state index contributed by atoms with van der Waals surface area (Å²) < 4.78 is 0. The van der Waals surface area contributed by atoms with E-state index in [1.54, 1.807) is 19.4 Å². The Labute approximate surface area is 77.6 Å². The highest BCUT2D eigenvalue weighted by Crippen LogP contribution is 2.05. The molecule has 4 heteroatoms. The molecule has 1 aromatic rings. The molecule has 1 heterocycles. The number of nitrogens with zero attached hydrogens (tertiary/aromatic N) is 3. The Kier molecular flexibility index (Phi) is 2.95. The first-order valence-corrected chi connectivity index (χ1v) is 4.20. The van der Waals surface area contributed by atoms with Gasteiger partial charge < -0.3 is 0 Å². The van der Waals surface area contributed by atoms with Crippen molar-refractivity contribution in [3.8, 4) is 0 Å². The molecule has 1 rings (SSSR count). The summed E-state index contributed by atoms with van der Waals surface area (Å²) in [6.07, 6.45) is 4.38. The third-order valence-corrected chi connectivity index (χ3v) is 1.87. The standard InChI is InChI=1S/C9H13N3O/c1-4-8-5-10-9(11-6-8)12(3)7(2)13/h5-6H,4H2,1-3H3. The molecule has 0 radical (unpaired) electrons. The van der Waals surface area contributed by atoms with Gasteiger partial charge in [-0.3, -0.25) is 9.69 Å². The van der Waals surface area contributed by atoms with Crippen LogP contribution in [0.25, 0.3) is 0 Å². The molecule has 0 bridgehead atoms. The van der Waals surface area contributed by atoms with Crippen molar-refractivity contribution in [3.63, 3.8) is 0 Å². The van der Waals surface area contributed by atoms with E-state index in [1.165, 1.54) is 11.8 Å². The highest BCUT2D eigenvalue weighted by molar-refractivity contribution is 5.88. The van der Waals surface area contributed by atoms with Crippen LogP contribution in [-0.2, 0) is 11.2 Å². The van der Waals surface area contributed by atoms with Gasteiger partial charge in [-0.05, 0) is 12.0 Å². The maximum atomic E-state index is 10.9. The third kappa shape index (κ3) is 2.24. The molecule has 4 nitrogen and oxygen atoms in total. The summed E-state index contributed by atoms with van der Waals surface area (Å²) in [5.41, 5.74) is 1.07. The lowest BCUT2D eigenvalue weighted by molar-refractivity contribution is -0.116. The molecule has 1 amide bonds. The summed E-state index contributed by atoms with van der Waals surface area (Å²) in [6, 6.07) is 0. The van der Waals surface area contributed by atoms with Gasteiger partial charge in [0, 0.05) is 26.4 Å². The number of carbonyl (C=O) groups excluding carboxylic acids is 1. The van der Waals surface area contributed by atoms with Crippen molar-refractivity contribution in [3.05, 3.63) is 18.0 Å². The van der Waals surface area contributed by atoms with E-state index in [1.807, 2.05) is 6.92 Å². The second-order valence-electron chi connectivity index (χ2n) is 2.82. The second-order valence-corrected chi connectivity index (χ2v) is 2.82. The molecule has 0 saturated carbocycles. The van der Waals surface area contributed by atoms with E-state index < -0.39 is 0 Å². The average molecular weight is 179 g/mol. The first-order valence-electron chi connectivity index (χ1n) is 4.20. The zero-order chi connectivity index (χ0) is 9.84. The molecule has 0 aliphatic heterocycles. The zero-order valence-electron chi connectivity index (χ0n) is 8.11. The molecule has 0 aromatic carbocycles.